The van der Waals surface area contributed by atoms with E-state index in [4.69, 9.17) is 0 Å². The molecular formula is C14H16F2N4. The zero-order valence-corrected chi connectivity index (χ0v) is 11.6. The Morgan fingerprint density at radius 1 is 1.35 bits per heavy atom. The monoisotopic (exact) mass is 278 g/mol. The lowest BCUT2D eigenvalue weighted by molar-refractivity contribution is -0.00900. The van der Waals surface area contributed by atoms with Crippen LogP contribution >= 0.6 is 0 Å². The van der Waals surface area contributed by atoms with Crippen LogP contribution < -0.4 is 0 Å². The van der Waals surface area contributed by atoms with Crippen molar-refractivity contribution < 1.29 is 8.78 Å². The van der Waals surface area contributed by atoms with Crippen LogP contribution in [0, 0.1) is 0 Å². The molecule has 0 spiro atoms. The Hall–Kier alpha value is -1.85. The highest BCUT2D eigenvalue weighted by Gasteiger charge is 2.49. The van der Waals surface area contributed by atoms with Gasteiger partial charge in [-0.25, -0.2) is 9.67 Å². The van der Waals surface area contributed by atoms with E-state index in [1.165, 1.54) is 4.68 Å². The lowest BCUT2D eigenvalue weighted by atomic mass is 9.96. The molecule has 1 aliphatic rings. The van der Waals surface area contributed by atoms with Crippen molar-refractivity contribution in [2.45, 2.75) is 44.6 Å². The SMILES string of the molecule is CC(C)(C)c1nc2n(n1)C(c1cccnc1)CC2(F)F. The van der Waals surface area contributed by atoms with Crippen molar-refractivity contribution in [2.75, 3.05) is 0 Å². The van der Waals surface area contributed by atoms with Gasteiger partial charge in [-0.15, -0.1) is 0 Å². The maximum Gasteiger partial charge on any atom is 0.308 e. The molecule has 0 N–H and O–H groups in total. The molecule has 0 aromatic carbocycles. The summed E-state index contributed by atoms with van der Waals surface area (Å²) in [6.07, 6.45) is 2.92. The molecule has 106 valence electrons. The zero-order valence-electron chi connectivity index (χ0n) is 11.6. The van der Waals surface area contributed by atoms with Crippen LogP contribution in [0.1, 0.15) is 50.4 Å². The quantitative estimate of drug-likeness (QED) is 0.805. The van der Waals surface area contributed by atoms with Gasteiger partial charge in [-0.05, 0) is 11.6 Å². The second-order valence-corrected chi connectivity index (χ2v) is 6.16. The first-order valence-corrected chi connectivity index (χ1v) is 6.54. The number of fused-ring (bicyclic) bond motifs is 1. The summed E-state index contributed by atoms with van der Waals surface area (Å²) in [5.74, 6) is -2.74. The van der Waals surface area contributed by atoms with Crippen molar-refractivity contribution in [3.05, 3.63) is 41.7 Å². The summed E-state index contributed by atoms with van der Waals surface area (Å²) in [6.45, 7) is 5.74. The molecule has 1 unspecified atom stereocenters. The summed E-state index contributed by atoms with van der Waals surface area (Å²) >= 11 is 0. The fourth-order valence-corrected chi connectivity index (χ4v) is 2.36. The number of rotatable bonds is 1. The van der Waals surface area contributed by atoms with E-state index in [2.05, 4.69) is 15.1 Å². The minimum absolute atomic E-state index is 0.240. The van der Waals surface area contributed by atoms with Gasteiger partial charge < -0.3 is 0 Å². The van der Waals surface area contributed by atoms with Gasteiger partial charge in [-0.1, -0.05) is 26.8 Å². The summed E-state index contributed by atoms with van der Waals surface area (Å²) in [4.78, 5) is 8.07. The molecule has 0 amide bonds. The molecule has 0 saturated heterocycles. The van der Waals surface area contributed by atoms with Crippen LogP contribution in [-0.2, 0) is 11.3 Å². The van der Waals surface area contributed by atoms with E-state index in [-0.39, 0.29) is 17.7 Å². The maximum atomic E-state index is 14.1. The Bertz CT molecular complexity index is 628. The van der Waals surface area contributed by atoms with E-state index in [1.807, 2.05) is 20.8 Å². The standard InChI is InChI=1S/C14H16F2N4/c1-13(2,3)11-18-12-14(15,16)7-10(20(12)19-11)9-5-4-6-17-8-9/h4-6,8,10H,7H2,1-3H3. The minimum atomic E-state index is -2.95. The molecule has 0 bridgehead atoms. The van der Waals surface area contributed by atoms with Gasteiger partial charge in [-0.3, -0.25) is 4.98 Å². The largest absolute Gasteiger partial charge is 0.308 e. The molecule has 20 heavy (non-hydrogen) atoms. The van der Waals surface area contributed by atoms with Gasteiger partial charge in [0.1, 0.15) is 0 Å². The summed E-state index contributed by atoms with van der Waals surface area (Å²) < 4.78 is 29.6. The van der Waals surface area contributed by atoms with E-state index in [0.717, 1.165) is 5.56 Å². The number of alkyl halides is 2. The molecule has 0 saturated carbocycles. The van der Waals surface area contributed by atoms with Gasteiger partial charge in [0.25, 0.3) is 0 Å². The molecule has 3 heterocycles. The van der Waals surface area contributed by atoms with E-state index < -0.39 is 12.0 Å². The highest BCUT2D eigenvalue weighted by molar-refractivity contribution is 5.23. The number of halogens is 2. The van der Waals surface area contributed by atoms with Gasteiger partial charge in [0.05, 0.1) is 6.04 Å². The van der Waals surface area contributed by atoms with Gasteiger partial charge in [0.15, 0.2) is 11.6 Å². The molecule has 0 aliphatic carbocycles. The van der Waals surface area contributed by atoms with Crippen LogP contribution in [0.2, 0.25) is 0 Å². The van der Waals surface area contributed by atoms with Crippen LogP contribution in [0.25, 0.3) is 0 Å². The summed E-state index contributed by atoms with van der Waals surface area (Å²) in [6, 6.07) is 3.03. The summed E-state index contributed by atoms with van der Waals surface area (Å²) in [5.41, 5.74) is 0.378. The minimum Gasteiger partial charge on any atom is -0.264 e. The second kappa shape index (κ2) is 4.07. The van der Waals surface area contributed by atoms with Crippen LogP contribution in [0.3, 0.4) is 0 Å². The molecule has 2 aromatic rings. The predicted octanol–water partition coefficient (Wildman–Crippen LogP) is 3.06. The third-order valence-electron chi connectivity index (χ3n) is 3.44. The Morgan fingerprint density at radius 2 is 2.10 bits per heavy atom. The third kappa shape index (κ3) is 1.99. The van der Waals surface area contributed by atoms with Crippen molar-refractivity contribution >= 4 is 0 Å². The molecule has 2 aromatic heterocycles. The fraction of sp³-hybridized carbons (Fsp3) is 0.500. The lowest BCUT2D eigenvalue weighted by Crippen LogP contribution is -2.17. The number of hydrogen-bond donors (Lipinski definition) is 0. The van der Waals surface area contributed by atoms with Crippen molar-refractivity contribution in [3.8, 4) is 0 Å². The first-order valence-electron chi connectivity index (χ1n) is 6.54. The molecule has 3 rings (SSSR count). The van der Waals surface area contributed by atoms with E-state index in [1.54, 1.807) is 24.5 Å². The van der Waals surface area contributed by atoms with Crippen LogP contribution in [0.4, 0.5) is 8.78 Å². The lowest BCUT2D eigenvalue weighted by Gasteiger charge is -2.15. The molecule has 4 nitrogen and oxygen atoms in total. The Kier molecular flexibility index (Phi) is 2.68. The van der Waals surface area contributed by atoms with Gasteiger partial charge in [0, 0.05) is 24.2 Å². The number of nitrogens with zero attached hydrogens (tertiary/aromatic N) is 4. The highest BCUT2D eigenvalue weighted by Crippen LogP contribution is 2.45. The van der Waals surface area contributed by atoms with Crippen molar-refractivity contribution in [1.29, 1.82) is 0 Å². The summed E-state index contributed by atoms with van der Waals surface area (Å²) in [7, 11) is 0. The first-order chi connectivity index (χ1) is 9.29. The highest BCUT2D eigenvalue weighted by atomic mass is 19.3. The smallest absolute Gasteiger partial charge is 0.264 e. The third-order valence-corrected chi connectivity index (χ3v) is 3.44. The Balaban J connectivity index is 2.10. The molecule has 6 heteroatoms. The van der Waals surface area contributed by atoms with Gasteiger partial charge in [0.2, 0.25) is 0 Å². The van der Waals surface area contributed by atoms with Crippen molar-refractivity contribution in [1.82, 2.24) is 19.7 Å². The second-order valence-electron chi connectivity index (χ2n) is 6.16. The molecule has 1 aliphatic heterocycles. The molecule has 0 fully saturated rings. The topological polar surface area (TPSA) is 43.6 Å². The molecule has 1 atom stereocenters. The predicted molar refractivity (Wildman–Crippen MR) is 69.6 cm³/mol. The number of pyridine rings is 1. The van der Waals surface area contributed by atoms with Crippen LogP contribution in [0.15, 0.2) is 24.5 Å². The zero-order chi connectivity index (χ0) is 14.5. The van der Waals surface area contributed by atoms with Gasteiger partial charge >= 0.3 is 5.92 Å². The number of aromatic nitrogens is 4. The van der Waals surface area contributed by atoms with Crippen molar-refractivity contribution in [2.24, 2.45) is 0 Å². The van der Waals surface area contributed by atoms with E-state index >= 15 is 0 Å². The van der Waals surface area contributed by atoms with E-state index in [0.29, 0.717) is 5.82 Å². The Morgan fingerprint density at radius 3 is 2.70 bits per heavy atom. The summed E-state index contributed by atoms with van der Waals surface area (Å²) in [5, 5.41) is 4.31. The molecule has 0 radical (unpaired) electrons. The molecular weight excluding hydrogens is 262 g/mol. The fourth-order valence-electron chi connectivity index (χ4n) is 2.36. The average Bonchev–Trinajstić information content (AvgIpc) is 2.90. The number of hydrogen-bond acceptors (Lipinski definition) is 3. The first kappa shape index (κ1) is 13.1. The van der Waals surface area contributed by atoms with Gasteiger partial charge in [-0.2, -0.15) is 13.9 Å². The normalized spacial score (nSPS) is 20.9. The van der Waals surface area contributed by atoms with Crippen LogP contribution in [0.5, 0.6) is 0 Å². The maximum absolute atomic E-state index is 14.1. The van der Waals surface area contributed by atoms with Crippen molar-refractivity contribution in [3.63, 3.8) is 0 Å². The van der Waals surface area contributed by atoms with Crippen LogP contribution in [-0.4, -0.2) is 19.7 Å². The average molecular weight is 278 g/mol. The van der Waals surface area contributed by atoms with E-state index in [9.17, 15) is 8.78 Å². The Labute approximate surface area is 115 Å².